The molecule has 2 unspecified atom stereocenters. The van der Waals surface area contributed by atoms with E-state index in [1.54, 1.807) is 48.7 Å². The van der Waals surface area contributed by atoms with E-state index in [0.717, 1.165) is 18.4 Å². The molecule has 0 aliphatic carbocycles. The first kappa shape index (κ1) is 25.6. The first-order chi connectivity index (χ1) is 17.5. The number of carbonyl (C=O) groups is 2. The van der Waals surface area contributed by atoms with Gasteiger partial charge in [0.15, 0.2) is 0 Å². The number of hydrogen-bond donors (Lipinski definition) is 1. The van der Waals surface area contributed by atoms with Crippen molar-refractivity contribution < 1.29 is 19.1 Å². The maximum atomic E-state index is 13.8. The van der Waals surface area contributed by atoms with Gasteiger partial charge >= 0.3 is 6.03 Å². The third-order valence-corrected chi connectivity index (χ3v) is 7.74. The van der Waals surface area contributed by atoms with Gasteiger partial charge in [0.2, 0.25) is 5.91 Å². The van der Waals surface area contributed by atoms with Crippen LogP contribution in [-0.4, -0.2) is 55.1 Å². The molecule has 7 nitrogen and oxygen atoms in total. The highest BCUT2D eigenvalue weighted by Crippen LogP contribution is 2.38. The largest absolute Gasteiger partial charge is 0.497 e. The van der Waals surface area contributed by atoms with E-state index in [-0.39, 0.29) is 30.6 Å². The summed E-state index contributed by atoms with van der Waals surface area (Å²) < 4.78 is 10.7. The lowest BCUT2D eigenvalue weighted by Gasteiger charge is -2.38. The lowest BCUT2D eigenvalue weighted by Crippen LogP contribution is -2.50. The fourth-order valence-corrected chi connectivity index (χ4v) is 5.46. The van der Waals surface area contributed by atoms with Crippen LogP contribution in [0.5, 0.6) is 11.5 Å². The first-order valence-corrected chi connectivity index (χ1v) is 13.0. The maximum absolute atomic E-state index is 13.8. The molecule has 0 saturated heterocycles. The highest BCUT2D eigenvalue weighted by molar-refractivity contribution is 7.10. The summed E-state index contributed by atoms with van der Waals surface area (Å²) in [7, 11) is 3.12. The molecule has 190 valence electrons. The van der Waals surface area contributed by atoms with E-state index < -0.39 is 0 Å². The van der Waals surface area contributed by atoms with Crippen molar-refractivity contribution in [2.45, 2.75) is 38.8 Å². The molecular weight excluding hydrogens is 474 g/mol. The lowest BCUT2D eigenvalue weighted by atomic mass is 9.93. The summed E-state index contributed by atoms with van der Waals surface area (Å²) in [6, 6.07) is 16.8. The first-order valence-electron chi connectivity index (χ1n) is 12.2. The second-order valence-corrected chi connectivity index (χ2v) is 9.83. The Labute approximate surface area is 216 Å². The molecule has 1 aromatic heterocycles. The van der Waals surface area contributed by atoms with E-state index in [9.17, 15) is 9.59 Å². The van der Waals surface area contributed by atoms with E-state index in [0.29, 0.717) is 23.7 Å². The topological polar surface area (TPSA) is 71.1 Å². The highest BCUT2D eigenvalue weighted by atomic mass is 32.1. The summed E-state index contributed by atoms with van der Waals surface area (Å²) in [5.41, 5.74) is 2.77. The van der Waals surface area contributed by atoms with Crippen LogP contribution in [0.25, 0.3) is 0 Å². The number of hydrogen-bond acceptors (Lipinski definition) is 5. The van der Waals surface area contributed by atoms with Crippen LogP contribution in [0, 0.1) is 0 Å². The number of rotatable bonds is 8. The second-order valence-electron chi connectivity index (χ2n) is 8.83. The van der Waals surface area contributed by atoms with E-state index >= 15 is 0 Å². The summed E-state index contributed by atoms with van der Waals surface area (Å²) in [6.45, 7) is 4.57. The summed E-state index contributed by atoms with van der Waals surface area (Å²) in [6.07, 6.45) is 1.54. The average molecular weight is 508 g/mol. The summed E-state index contributed by atoms with van der Waals surface area (Å²) >= 11 is 1.74. The molecule has 8 heteroatoms. The van der Waals surface area contributed by atoms with E-state index in [2.05, 4.69) is 28.9 Å². The Morgan fingerprint density at radius 1 is 1.14 bits per heavy atom. The van der Waals surface area contributed by atoms with Gasteiger partial charge in [-0.2, -0.15) is 0 Å². The van der Waals surface area contributed by atoms with Crippen LogP contribution in [-0.2, 0) is 11.2 Å². The van der Waals surface area contributed by atoms with Gasteiger partial charge in [-0.25, -0.2) is 4.79 Å². The SMILES string of the molecule is CCC(C)N(CC(=O)N1CCc2sccc2C1c1ccccc1)C(=O)Nc1ccc(OC)cc1OC. The summed E-state index contributed by atoms with van der Waals surface area (Å²) in [5, 5.41) is 5.02. The van der Waals surface area contributed by atoms with Crippen LogP contribution in [0.1, 0.15) is 42.3 Å². The Morgan fingerprint density at radius 2 is 1.92 bits per heavy atom. The van der Waals surface area contributed by atoms with Crippen LogP contribution in [0.4, 0.5) is 10.5 Å². The van der Waals surface area contributed by atoms with Crippen LogP contribution < -0.4 is 14.8 Å². The number of ether oxygens (including phenoxy) is 2. The van der Waals surface area contributed by atoms with Crippen molar-refractivity contribution in [3.63, 3.8) is 0 Å². The highest BCUT2D eigenvalue weighted by Gasteiger charge is 2.34. The number of methoxy groups -OCH3 is 2. The van der Waals surface area contributed by atoms with Crippen LogP contribution >= 0.6 is 11.3 Å². The molecule has 0 bridgehead atoms. The average Bonchev–Trinajstić information content (AvgIpc) is 3.40. The molecule has 2 aromatic carbocycles. The van der Waals surface area contributed by atoms with Crippen molar-refractivity contribution in [2.75, 3.05) is 32.6 Å². The number of amides is 3. The molecule has 1 aliphatic heterocycles. The van der Waals surface area contributed by atoms with Crippen molar-refractivity contribution in [1.29, 1.82) is 0 Å². The number of carbonyl (C=O) groups excluding carboxylic acids is 2. The zero-order valence-corrected chi connectivity index (χ0v) is 22.0. The number of nitrogens with one attached hydrogen (secondary N) is 1. The van der Waals surface area contributed by atoms with Crippen molar-refractivity contribution in [1.82, 2.24) is 9.80 Å². The second kappa shape index (κ2) is 11.5. The number of urea groups is 1. The molecule has 0 spiro atoms. The zero-order chi connectivity index (χ0) is 25.7. The number of nitrogens with zero attached hydrogens (tertiary/aromatic N) is 2. The van der Waals surface area contributed by atoms with Gasteiger partial charge in [0.1, 0.15) is 18.0 Å². The van der Waals surface area contributed by atoms with Gasteiger partial charge in [-0.05, 0) is 54.5 Å². The minimum absolute atomic E-state index is 0.0118. The predicted octanol–water partition coefficient (Wildman–Crippen LogP) is 5.57. The van der Waals surface area contributed by atoms with Crippen LogP contribution in [0.2, 0.25) is 0 Å². The molecule has 2 atom stereocenters. The van der Waals surface area contributed by atoms with Crippen LogP contribution in [0.15, 0.2) is 60.0 Å². The standard InChI is InChI=1S/C28H33N3O4S/c1-5-19(2)31(28(33)29-23-12-11-21(34-3)17-24(23)35-4)18-26(32)30-15-13-25-22(14-16-36-25)27(30)20-9-7-6-8-10-20/h6-12,14,16-17,19,27H,5,13,15,18H2,1-4H3,(H,29,33). The molecular formula is C28H33N3O4S. The zero-order valence-electron chi connectivity index (χ0n) is 21.2. The van der Waals surface area contributed by atoms with Gasteiger partial charge in [0, 0.05) is 23.5 Å². The van der Waals surface area contributed by atoms with Crippen molar-refractivity contribution in [3.05, 3.63) is 76.0 Å². The van der Waals surface area contributed by atoms with E-state index in [1.807, 2.05) is 36.9 Å². The van der Waals surface area contributed by atoms with Gasteiger partial charge in [-0.3, -0.25) is 4.79 Å². The third-order valence-electron chi connectivity index (χ3n) is 6.74. The van der Waals surface area contributed by atoms with E-state index in [1.165, 1.54) is 10.4 Å². The van der Waals surface area contributed by atoms with Crippen molar-refractivity contribution in [2.24, 2.45) is 0 Å². The Bertz CT molecular complexity index is 1200. The number of thiophene rings is 1. The van der Waals surface area contributed by atoms with Gasteiger partial charge in [0.05, 0.1) is 25.9 Å². The molecule has 2 heterocycles. The predicted molar refractivity (Wildman–Crippen MR) is 143 cm³/mol. The minimum atomic E-state index is -0.342. The minimum Gasteiger partial charge on any atom is -0.497 e. The van der Waals surface area contributed by atoms with Gasteiger partial charge in [0.25, 0.3) is 0 Å². The van der Waals surface area contributed by atoms with Crippen molar-refractivity contribution >= 4 is 29.0 Å². The third kappa shape index (κ3) is 5.33. The Hall–Kier alpha value is -3.52. The molecule has 4 rings (SSSR count). The summed E-state index contributed by atoms with van der Waals surface area (Å²) in [5.74, 6) is 1.05. The Kier molecular flexibility index (Phi) is 8.15. The van der Waals surface area contributed by atoms with Crippen molar-refractivity contribution in [3.8, 4) is 11.5 Å². The molecule has 0 fully saturated rings. The number of anilines is 1. The molecule has 3 aromatic rings. The van der Waals surface area contributed by atoms with Gasteiger partial charge < -0.3 is 24.6 Å². The normalized spacial score (nSPS) is 15.6. The lowest BCUT2D eigenvalue weighted by molar-refractivity contribution is -0.134. The molecule has 0 saturated carbocycles. The van der Waals surface area contributed by atoms with E-state index in [4.69, 9.17) is 9.47 Å². The Morgan fingerprint density at radius 3 is 2.61 bits per heavy atom. The number of benzene rings is 2. The molecule has 0 radical (unpaired) electrons. The monoisotopic (exact) mass is 507 g/mol. The fourth-order valence-electron chi connectivity index (χ4n) is 4.55. The molecule has 1 N–H and O–H groups in total. The summed E-state index contributed by atoms with van der Waals surface area (Å²) in [4.78, 5) is 32.0. The smallest absolute Gasteiger partial charge is 0.322 e. The number of fused-ring (bicyclic) bond motifs is 1. The Balaban J connectivity index is 1.57. The molecule has 3 amide bonds. The van der Waals surface area contributed by atoms with Crippen LogP contribution in [0.3, 0.4) is 0 Å². The maximum Gasteiger partial charge on any atom is 0.322 e. The van der Waals surface area contributed by atoms with Gasteiger partial charge in [-0.15, -0.1) is 11.3 Å². The quantitative estimate of drug-likeness (QED) is 0.433. The van der Waals surface area contributed by atoms with Gasteiger partial charge in [-0.1, -0.05) is 37.3 Å². The molecule has 1 aliphatic rings. The fraction of sp³-hybridized carbons (Fsp3) is 0.357. The molecule has 36 heavy (non-hydrogen) atoms.